The molecule has 0 spiro atoms. The van der Waals surface area contributed by atoms with E-state index in [4.69, 9.17) is 10.6 Å². The fourth-order valence-corrected chi connectivity index (χ4v) is 1.93. The Kier molecular flexibility index (Phi) is 4.41. The van der Waals surface area contributed by atoms with Gasteiger partial charge in [-0.25, -0.2) is 4.68 Å². The Morgan fingerprint density at radius 3 is 2.52 bits per heavy atom. The van der Waals surface area contributed by atoms with Crippen LogP contribution < -0.4 is 10.6 Å². The predicted octanol–water partition coefficient (Wildman–Crippen LogP) is 3.40. The molecule has 0 fully saturated rings. The molecule has 0 unspecified atom stereocenters. The van der Waals surface area contributed by atoms with E-state index in [0.29, 0.717) is 22.8 Å². The van der Waals surface area contributed by atoms with Gasteiger partial charge in [0.25, 0.3) is 0 Å². The van der Waals surface area contributed by atoms with Gasteiger partial charge in [-0.15, -0.1) is 0 Å². The number of benzene rings is 1. The molecule has 0 radical (unpaired) electrons. The van der Waals surface area contributed by atoms with Crippen molar-refractivity contribution in [1.29, 1.82) is 5.26 Å². The summed E-state index contributed by atoms with van der Waals surface area (Å²) in [4.78, 5) is 5.27. The zero-order valence-corrected chi connectivity index (χ0v) is 14.1. The van der Waals surface area contributed by atoms with Crippen molar-refractivity contribution < 1.29 is 4.84 Å². The van der Waals surface area contributed by atoms with Crippen molar-refractivity contribution in [2.75, 3.05) is 5.73 Å². The number of nitrogen functional groups attached to an aromatic ring is 1. The van der Waals surface area contributed by atoms with E-state index in [1.54, 1.807) is 22.9 Å². The fraction of sp³-hybridized carbons (Fsp3) is 0.353. The lowest BCUT2D eigenvalue weighted by Gasteiger charge is -2.14. The summed E-state index contributed by atoms with van der Waals surface area (Å²) in [5, 5.41) is 17.7. The van der Waals surface area contributed by atoms with Crippen LogP contribution in [0.2, 0.25) is 0 Å². The first kappa shape index (κ1) is 16.6. The van der Waals surface area contributed by atoms with Crippen LogP contribution >= 0.6 is 0 Å². The van der Waals surface area contributed by atoms with Crippen LogP contribution in [0.5, 0.6) is 5.75 Å². The van der Waals surface area contributed by atoms with Gasteiger partial charge in [-0.3, -0.25) is 0 Å². The summed E-state index contributed by atoms with van der Waals surface area (Å²) in [6, 6.07) is 9.14. The van der Waals surface area contributed by atoms with Crippen molar-refractivity contribution in [1.82, 2.24) is 9.78 Å². The number of nitrogens with two attached hydrogens (primary N) is 1. The summed E-state index contributed by atoms with van der Waals surface area (Å²) in [5.74, 6) is 0.925. The van der Waals surface area contributed by atoms with Gasteiger partial charge < -0.3 is 10.6 Å². The summed E-state index contributed by atoms with van der Waals surface area (Å²) < 4.78 is 1.62. The fourth-order valence-electron chi connectivity index (χ4n) is 1.93. The number of nitriles is 1. The zero-order valence-electron chi connectivity index (χ0n) is 14.1. The minimum Gasteiger partial charge on any atom is -0.384 e. The van der Waals surface area contributed by atoms with E-state index in [9.17, 15) is 5.26 Å². The van der Waals surface area contributed by atoms with Crippen molar-refractivity contribution in [3.8, 4) is 17.5 Å². The van der Waals surface area contributed by atoms with Crippen molar-refractivity contribution in [2.45, 2.75) is 40.0 Å². The van der Waals surface area contributed by atoms with Gasteiger partial charge in [-0.1, -0.05) is 25.9 Å². The lowest BCUT2D eigenvalue weighted by molar-refractivity contribution is 0.339. The molecule has 23 heavy (non-hydrogen) atoms. The van der Waals surface area contributed by atoms with Gasteiger partial charge >= 0.3 is 0 Å². The Hall–Kier alpha value is -2.81. The summed E-state index contributed by atoms with van der Waals surface area (Å²) in [6.45, 7) is 9.85. The highest BCUT2D eigenvalue weighted by Gasteiger charge is 2.20. The molecule has 0 saturated heterocycles. The molecule has 2 rings (SSSR count). The van der Waals surface area contributed by atoms with E-state index >= 15 is 0 Å². The zero-order chi connectivity index (χ0) is 17.2. The average molecular weight is 311 g/mol. The Balaban J connectivity index is 2.44. The van der Waals surface area contributed by atoms with Gasteiger partial charge in [0.15, 0.2) is 5.75 Å². The van der Waals surface area contributed by atoms with Gasteiger partial charge in [-0.05, 0) is 32.0 Å². The van der Waals surface area contributed by atoms with Crippen LogP contribution in [0.3, 0.4) is 0 Å². The monoisotopic (exact) mass is 311 g/mol. The highest BCUT2D eigenvalue weighted by molar-refractivity contribution is 5.78. The Labute approximate surface area is 136 Å². The molecule has 2 N–H and O–H groups in total. The van der Waals surface area contributed by atoms with Gasteiger partial charge in [-0.2, -0.15) is 10.4 Å². The van der Waals surface area contributed by atoms with Crippen LogP contribution in [-0.2, 0) is 5.41 Å². The first-order valence-corrected chi connectivity index (χ1v) is 7.31. The van der Waals surface area contributed by atoms with Crippen LogP contribution in [-0.4, -0.2) is 15.5 Å². The van der Waals surface area contributed by atoms with Gasteiger partial charge in [0.2, 0.25) is 0 Å². The second-order valence-corrected chi connectivity index (χ2v) is 6.54. The van der Waals surface area contributed by atoms with E-state index in [0.717, 1.165) is 11.4 Å². The molecule has 0 aliphatic heterocycles. The van der Waals surface area contributed by atoms with Crippen LogP contribution in [0.4, 0.5) is 5.82 Å². The molecule has 0 saturated carbocycles. The highest BCUT2D eigenvalue weighted by atomic mass is 16.6. The maximum atomic E-state index is 9.32. The molecule has 1 aromatic carbocycles. The minimum atomic E-state index is -0.103. The lowest BCUT2D eigenvalue weighted by Crippen LogP contribution is -2.12. The van der Waals surface area contributed by atoms with E-state index < -0.39 is 0 Å². The van der Waals surface area contributed by atoms with Crippen molar-refractivity contribution in [2.24, 2.45) is 5.16 Å². The van der Waals surface area contributed by atoms with Crippen molar-refractivity contribution >= 4 is 11.5 Å². The summed E-state index contributed by atoms with van der Waals surface area (Å²) in [5.41, 5.74) is 8.70. The van der Waals surface area contributed by atoms with Gasteiger partial charge in [0, 0.05) is 11.5 Å². The maximum absolute atomic E-state index is 9.32. The summed E-state index contributed by atoms with van der Waals surface area (Å²) >= 11 is 0. The number of hydrogen-bond donors (Lipinski definition) is 1. The molecular weight excluding hydrogens is 290 g/mol. The number of rotatable bonds is 3. The predicted molar refractivity (Wildman–Crippen MR) is 90.8 cm³/mol. The molecule has 0 aliphatic rings. The lowest BCUT2D eigenvalue weighted by atomic mass is 9.92. The van der Waals surface area contributed by atoms with Crippen LogP contribution in [0.15, 0.2) is 29.4 Å². The number of aromatic nitrogens is 2. The van der Waals surface area contributed by atoms with Crippen molar-refractivity contribution in [3.05, 3.63) is 35.5 Å². The Bertz CT molecular complexity index is 786. The molecule has 0 atom stereocenters. The number of anilines is 1. The van der Waals surface area contributed by atoms with E-state index in [1.165, 1.54) is 0 Å². The van der Waals surface area contributed by atoms with E-state index in [-0.39, 0.29) is 5.41 Å². The Morgan fingerprint density at radius 1 is 1.30 bits per heavy atom. The smallest absolute Gasteiger partial charge is 0.175 e. The number of hydrogen-bond acceptors (Lipinski definition) is 5. The number of nitrogens with zero attached hydrogens (tertiary/aromatic N) is 4. The van der Waals surface area contributed by atoms with E-state index in [2.05, 4.69) is 37.1 Å². The normalized spacial score (nSPS) is 11.0. The second-order valence-electron chi connectivity index (χ2n) is 6.54. The van der Waals surface area contributed by atoms with Crippen molar-refractivity contribution in [3.63, 3.8) is 0 Å². The molecule has 1 aromatic heterocycles. The molecule has 0 bridgehead atoms. The number of oxime groups is 1. The molecule has 0 aliphatic carbocycles. The largest absolute Gasteiger partial charge is 0.384 e. The quantitative estimate of drug-likeness (QED) is 0.695. The van der Waals surface area contributed by atoms with Gasteiger partial charge in [0.1, 0.15) is 11.9 Å². The molecule has 2 aromatic rings. The third-order valence-corrected chi connectivity index (χ3v) is 3.16. The van der Waals surface area contributed by atoms with Gasteiger partial charge in [0.05, 0.1) is 22.7 Å². The minimum absolute atomic E-state index is 0.103. The molecule has 6 heteroatoms. The van der Waals surface area contributed by atoms with Crippen LogP contribution in [0.25, 0.3) is 5.69 Å². The first-order valence-electron chi connectivity index (χ1n) is 7.31. The molecule has 1 heterocycles. The standard InChI is InChI=1S/C17H21N5O/c1-11(2)21-23-14-7-6-13(8-12(14)10-18)22-16(19)9-15(20-22)17(3,4)5/h6-9H,19H2,1-5H3. The van der Waals surface area contributed by atoms with Crippen LogP contribution in [0, 0.1) is 11.3 Å². The third kappa shape index (κ3) is 3.69. The highest BCUT2D eigenvalue weighted by Crippen LogP contribution is 2.27. The molecule has 0 amide bonds. The average Bonchev–Trinajstić information content (AvgIpc) is 2.87. The summed E-state index contributed by atoms with van der Waals surface area (Å²) in [6.07, 6.45) is 0. The first-order chi connectivity index (χ1) is 10.7. The SMILES string of the molecule is CC(C)=NOc1ccc(-n2nc(C(C)(C)C)cc2N)cc1C#N. The molecular formula is C17H21N5O. The molecule has 120 valence electrons. The Morgan fingerprint density at radius 2 is 2.00 bits per heavy atom. The maximum Gasteiger partial charge on any atom is 0.175 e. The van der Waals surface area contributed by atoms with E-state index in [1.807, 2.05) is 19.9 Å². The third-order valence-electron chi connectivity index (χ3n) is 3.16. The topological polar surface area (TPSA) is 89.2 Å². The second kappa shape index (κ2) is 6.13. The van der Waals surface area contributed by atoms with Crippen LogP contribution in [0.1, 0.15) is 45.9 Å². The summed E-state index contributed by atoms with van der Waals surface area (Å²) in [7, 11) is 0. The molecule has 6 nitrogen and oxygen atoms in total.